The second kappa shape index (κ2) is 8.00. The maximum absolute atomic E-state index is 13.5. The number of benzene rings is 3. The molecule has 2 heterocycles. The molecule has 0 spiro atoms. The molecule has 2 aliphatic rings. The van der Waals surface area contributed by atoms with Gasteiger partial charge in [0.15, 0.2) is 6.04 Å². The fourth-order valence-corrected chi connectivity index (χ4v) is 4.19. The van der Waals surface area contributed by atoms with Crippen molar-refractivity contribution in [3.05, 3.63) is 108 Å². The van der Waals surface area contributed by atoms with Gasteiger partial charge in [0.1, 0.15) is 17.9 Å². The molecule has 0 N–H and O–H groups in total. The van der Waals surface area contributed by atoms with Crippen LogP contribution in [0.4, 0.5) is 0 Å². The van der Waals surface area contributed by atoms with E-state index in [-0.39, 0.29) is 5.91 Å². The number of carbonyl (C=O) groups is 1. The van der Waals surface area contributed by atoms with Gasteiger partial charge in [-0.3, -0.25) is 19.7 Å². The molecule has 5 heteroatoms. The molecule has 1 amide bonds. The molecule has 150 valence electrons. The predicted molar refractivity (Wildman–Crippen MR) is 120 cm³/mol. The first-order chi connectivity index (χ1) is 15.3. The number of hydrogen-bond acceptors (Lipinski definition) is 4. The molecule has 3 aromatic rings. The molecular weight excluding hydrogens is 384 g/mol. The van der Waals surface area contributed by atoms with Crippen molar-refractivity contribution in [1.82, 2.24) is 4.90 Å². The summed E-state index contributed by atoms with van der Waals surface area (Å²) in [5, 5.41) is 10.0. The third-order valence-corrected chi connectivity index (χ3v) is 5.67. The first-order valence-electron chi connectivity index (χ1n) is 10.3. The molecular formula is C26H20N4O. The minimum Gasteiger partial charge on any atom is -0.274 e. The lowest BCUT2D eigenvalue weighted by Gasteiger charge is -2.33. The van der Waals surface area contributed by atoms with E-state index in [0.717, 1.165) is 16.7 Å². The molecule has 0 saturated carbocycles. The summed E-state index contributed by atoms with van der Waals surface area (Å²) in [5.74, 6) is 0.415. The molecule has 3 unspecified atom stereocenters. The maximum atomic E-state index is 13.5. The van der Waals surface area contributed by atoms with Crippen LogP contribution in [0.5, 0.6) is 0 Å². The molecule has 0 bridgehead atoms. The van der Waals surface area contributed by atoms with E-state index in [1.807, 2.05) is 91.0 Å². The average Bonchev–Trinajstić information content (AvgIpc) is 3.15. The van der Waals surface area contributed by atoms with E-state index < -0.39 is 18.1 Å². The first-order valence-corrected chi connectivity index (χ1v) is 10.3. The third-order valence-electron chi connectivity index (χ3n) is 5.67. The van der Waals surface area contributed by atoms with Gasteiger partial charge in [-0.15, -0.1) is 0 Å². The lowest BCUT2D eigenvalue weighted by Crippen LogP contribution is -2.51. The van der Waals surface area contributed by atoms with Gasteiger partial charge in [0.25, 0.3) is 5.91 Å². The van der Waals surface area contributed by atoms with Crippen LogP contribution in [-0.2, 0) is 11.2 Å². The quantitative estimate of drug-likeness (QED) is 0.660. The van der Waals surface area contributed by atoms with Crippen molar-refractivity contribution in [2.24, 2.45) is 9.98 Å². The third kappa shape index (κ3) is 3.43. The van der Waals surface area contributed by atoms with Crippen molar-refractivity contribution in [2.45, 2.75) is 24.5 Å². The number of hydrogen-bond donors (Lipinski definition) is 0. The molecule has 5 rings (SSSR count). The summed E-state index contributed by atoms with van der Waals surface area (Å²) in [5.41, 5.74) is 3.43. The Labute approximate surface area is 181 Å². The topological polar surface area (TPSA) is 68.8 Å². The average molecular weight is 404 g/mol. The highest BCUT2D eigenvalue weighted by atomic mass is 16.2. The second-order valence-electron chi connectivity index (χ2n) is 7.63. The van der Waals surface area contributed by atoms with Crippen molar-refractivity contribution in [3.63, 3.8) is 0 Å². The number of fused-ring (bicyclic) bond motifs is 1. The molecule has 3 atom stereocenters. The Hall–Kier alpha value is -4.04. The van der Waals surface area contributed by atoms with Crippen molar-refractivity contribution < 1.29 is 4.79 Å². The molecule has 0 fully saturated rings. The van der Waals surface area contributed by atoms with Gasteiger partial charge in [0, 0.05) is 6.42 Å². The zero-order chi connectivity index (χ0) is 21.2. The van der Waals surface area contributed by atoms with Crippen molar-refractivity contribution in [2.75, 3.05) is 0 Å². The Morgan fingerprint density at radius 1 is 0.839 bits per heavy atom. The zero-order valence-electron chi connectivity index (χ0n) is 16.8. The van der Waals surface area contributed by atoms with Crippen LogP contribution in [-0.4, -0.2) is 34.4 Å². The lowest BCUT2D eigenvalue weighted by atomic mass is 9.95. The highest BCUT2D eigenvalue weighted by Gasteiger charge is 2.47. The van der Waals surface area contributed by atoms with Gasteiger partial charge >= 0.3 is 0 Å². The van der Waals surface area contributed by atoms with Gasteiger partial charge in [-0.2, -0.15) is 5.26 Å². The summed E-state index contributed by atoms with van der Waals surface area (Å²) >= 11 is 0. The van der Waals surface area contributed by atoms with Crippen LogP contribution < -0.4 is 0 Å². The Morgan fingerprint density at radius 2 is 1.45 bits per heavy atom. The van der Waals surface area contributed by atoms with E-state index in [2.05, 4.69) is 6.07 Å². The molecule has 0 aliphatic carbocycles. The van der Waals surface area contributed by atoms with Gasteiger partial charge in [-0.05, 0) is 16.7 Å². The lowest BCUT2D eigenvalue weighted by molar-refractivity contribution is -0.127. The monoisotopic (exact) mass is 404 g/mol. The maximum Gasteiger partial charge on any atom is 0.254 e. The van der Waals surface area contributed by atoms with Gasteiger partial charge < -0.3 is 0 Å². The molecule has 0 radical (unpaired) electrons. The van der Waals surface area contributed by atoms with Crippen LogP contribution in [0.3, 0.4) is 0 Å². The van der Waals surface area contributed by atoms with Crippen molar-refractivity contribution >= 4 is 17.5 Å². The summed E-state index contributed by atoms with van der Waals surface area (Å²) in [6.45, 7) is 0. The van der Waals surface area contributed by atoms with Crippen LogP contribution in [0.15, 0.2) is 101 Å². The van der Waals surface area contributed by atoms with Gasteiger partial charge in [-0.1, -0.05) is 91.0 Å². The predicted octanol–water partition coefficient (Wildman–Crippen LogP) is 3.97. The summed E-state index contributed by atoms with van der Waals surface area (Å²) in [6, 6.07) is 29.8. The Balaban J connectivity index is 1.61. The second-order valence-corrected chi connectivity index (χ2v) is 7.63. The van der Waals surface area contributed by atoms with E-state index in [4.69, 9.17) is 9.98 Å². The van der Waals surface area contributed by atoms with E-state index in [9.17, 15) is 10.1 Å². The van der Waals surface area contributed by atoms with Crippen LogP contribution in [0.1, 0.15) is 22.7 Å². The van der Waals surface area contributed by atoms with Crippen LogP contribution in [0, 0.1) is 11.3 Å². The van der Waals surface area contributed by atoms with Crippen LogP contribution >= 0.6 is 0 Å². The van der Waals surface area contributed by atoms with E-state index in [1.165, 1.54) is 0 Å². The number of nitriles is 1. The molecule has 0 saturated heterocycles. The number of carbonyl (C=O) groups excluding carboxylic acids is 1. The Kier molecular flexibility index (Phi) is 4.89. The molecule has 3 aromatic carbocycles. The number of rotatable bonds is 4. The van der Waals surface area contributed by atoms with Crippen molar-refractivity contribution in [3.8, 4) is 6.07 Å². The van der Waals surface area contributed by atoms with E-state index >= 15 is 0 Å². The summed E-state index contributed by atoms with van der Waals surface area (Å²) in [6.07, 6.45) is 0.500. The fourth-order valence-electron chi connectivity index (χ4n) is 4.19. The summed E-state index contributed by atoms with van der Waals surface area (Å²) in [4.78, 5) is 24.8. The molecule has 2 aliphatic heterocycles. The van der Waals surface area contributed by atoms with Crippen LogP contribution in [0.25, 0.3) is 0 Å². The van der Waals surface area contributed by atoms with Gasteiger partial charge in [0.05, 0.1) is 11.8 Å². The summed E-state index contributed by atoms with van der Waals surface area (Å²) in [7, 11) is 0. The Morgan fingerprint density at radius 3 is 2.10 bits per heavy atom. The summed E-state index contributed by atoms with van der Waals surface area (Å²) < 4.78 is 0. The van der Waals surface area contributed by atoms with Gasteiger partial charge in [0.2, 0.25) is 0 Å². The minimum atomic E-state index is -0.797. The van der Waals surface area contributed by atoms with Crippen molar-refractivity contribution in [1.29, 1.82) is 5.26 Å². The highest BCUT2D eigenvalue weighted by Crippen LogP contribution is 2.34. The molecule has 31 heavy (non-hydrogen) atoms. The van der Waals surface area contributed by atoms with Crippen LogP contribution in [0.2, 0.25) is 0 Å². The van der Waals surface area contributed by atoms with Gasteiger partial charge in [-0.25, -0.2) is 0 Å². The smallest absolute Gasteiger partial charge is 0.254 e. The zero-order valence-corrected chi connectivity index (χ0v) is 16.8. The number of nitrogens with zero attached hydrogens (tertiary/aromatic N) is 4. The SMILES string of the molecule is N#CC1C(c2ccccc2)=NC(c2ccccc2)C2=NC(Cc3ccccc3)C(=O)N21. The largest absolute Gasteiger partial charge is 0.274 e. The standard InChI is InChI=1S/C26H20N4O/c27-17-22-23(19-12-6-2-7-13-19)29-24(20-14-8-3-9-15-20)25-28-21(26(31)30(22)25)16-18-10-4-1-5-11-18/h1-15,21-22,24H,16H2. The molecule has 0 aromatic heterocycles. The minimum absolute atomic E-state index is 0.144. The van der Waals surface area contributed by atoms with E-state index in [0.29, 0.717) is 18.0 Å². The first kappa shape index (κ1) is 19.0. The highest BCUT2D eigenvalue weighted by molar-refractivity contribution is 6.19. The Bertz CT molecular complexity index is 1200. The number of amides is 1. The number of amidine groups is 1. The number of aliphatic imine (C=N–C) groups is 2. The fraction of sp³-hybridized carbons (Fsp3) is 0.154. The molecule has 5 nitrogen and oxygen atoms in total. The van der Waals surface area contributed by atoms with E-state index in [1.54, 1.807) is 4.90 Å². The normalized spacial score (nSPS) is 22.4.